The van der Waals surface area contributed by atoms with Crippen LogP contribution in [0.15, 0.2) is 36.5 Å². The van der Waals surface area contributed by atoms with E-state index in [1.807, 2.05) is 22.9 Å². The molecule has 100 valence electrons. The van der Waals surface area contributed by atoms with Crippen LogP contribution >= 0.6 is 0 Å². The molecular weight excluding hydrogens is 246 g/mol. The van der Waals surface area contributed by atoms with E-state index in [-0.39, 0.29) is 12.1 Å². The summed E-state index contributed by atoms with van der Waals surface area (Å²) in [5.41, 5.74) is 1.17. The summed E-state index contributed by atoms with van der Waals surface area (Å²) in [5, 5.41) is 3.41. The minimum absolute atomic E-state index is 0.117. The van der Waals surface area contributed by atoms with E-state index in [0.717, 1.165) is 12.2 Å². The lowest BCUT2D eigenvalue weighted by Gasteiger charge is -2.11. The van der Waals surface area contributed by atoms with Crippen molar-refractivity contribution in [1.82, 2.24) is 9.88 Å². The number of nitrogens with zero attached hydrogens (tertiary/aromatic N) is 1. The molecule has 1 N–H and O–H groups in total. The van der Waals surface area contributed by atoms with E-state index in [9.17, 15) is 8.78 Å². The first-order chi connectivity index (χ1) is 9.24. The Morgan fingerprint density at radius 3 is 2.53 bits per heavy atom. The third-order valence-corrected chi connectivity index (χ3v) is 3.46. The summed E-state index contributed by atoms with van der Waals surface area (Å²) in [6.45, 7) is 0.973. The minimum Gasteiger partial charge on any atom is -0.346 e. The molecule has 0 atom stereocenters. The average molecular weight is 262 g/mol. The number of aromatic nitrogens is 1. The second-order valence-electron chi connectivity index (χ2n) is 4.98. The molecule has 0 amide bonds. The fourth-order valence-corrected chi connectivity index (χ4v) is 2.15. The molecule has 1 aromatic heterocycles. The molecule has 3 rings (SSSR count). The summed E-state index contributed by atoms with van der Waals surface area (Å²) in [4.78, 5) is 0. The number of halogens is 2. The SMILES string of the molecule is Fc1cccc(F)c1Cn1cccc1CNC1CC1. The van der Waals surface area contributed by atoms with E-state index < -0.39 is 11.6 Å². The Morgan fingerprint density at radius 1 is 1.11 bits per heavy atom. The molecular formula is C15H16F2N2. The van der Waals surface area contributed by atoms with E-state index in [0.29, 0.717) is 6.04 Å². The van der Waals surface area contributed by atoms with Crippen LogP contribution in [0.3, 0.4) is 0 Å². The van der Waals surface area contributed by atoms with Gasteiger partial charge in [-0.25, -0.2) is 8.78 Å². The second kappa shape index (κ2) is 5.13. The molecule has 1 saturated carbocycles. The van der Waals surface area contributed by atoms with Gasteiger partial charge in [0.15, 0.2) is 0 Å². The first kappa shape index (κ1) is 12.4. The van der Waals surface area contributed by atoms with Gasteiger partial charge in [-0.2, -0.15) is 0 Å². The zero-order valence-corrected chi connectivity index (χ0v) is 10.6. The van der Waals surface area contributed by atoms with E-state index in [2.05, 4.69) is 5.32 Å². The van der Waals surface area contributed by atoms with Crippen LogP contribution in [0.1, 0.15) is 24.1 Å². The van der Waals surface area contributed by atoms with Crippen LogP contribution < -0.4 is 5.32 Å². The molecule has 1 aliphatic carbocycles. The Balaban J connectivity index is 1.77. The third-order valence-electron chi connectivity index (χ3n) is 3.46. The topological polar surface area (TPSA) is 17.0 Å². The summed E-state index contributed by atoms with van der Waals surface area (Å²) in [6, 6.07) is 8.48. The summed E-state index contributed by atoms with van der Waals surface area (Å²) in [7, 11) is 0. The molecule has 1 fully saturated rings. The molecule has 19 heavy (non-hydrogen) atoms. The standard InChI is InChI=1S/C15H16F2N2/c16-14-4-1-5-15(17)13(14)10-19-8-2-3-12(19)9-18-11-6-7-11/h1-5,8,11,18H,6-7,9-10H2. The highest BCUT2D eigenvalue weighted by Crippen LogP contribution is 2.20. The number of nitrogens with one attached hydrogen (secondary N) is 1. The van der Waals surface area contributed by atoms with Gasteiger partial charge in [0.1, 0.15) is 11.6 Å². The molecule has 0 saturated heterocycles. The van der Waals surface area contributed by atoms with Gasteiger partial charge in [-0.15, -0.1) is 0 Å². The van der Waals surface area contributed by atoms with Crippen molar-refractivity contribution >= 4 is 0 Å². The van der Waals surface area contributed by atoms with Gasteiger partial charge in [0.05, 0.1) is 6.54 Å². The van der Waals surface area contributed by atoms with Crippen molar-refractivity contribution in [1.29, 1.82) is 0 Å². The van der Waals surface area contributed by atoms with Gasteiger partial charge in [-0.1, -0.05) is 6.07 Å². The Kier molecular flexibility index (Phi) is 3.34. The number of benzene rings is 1. The second-order valence-corrected chi connectivity index (χ2v) is 4.98. The van der Waals surface area contributed by atoms with Gasteiger partial charge in [-0.3, -0.25) is 0 Å². The summed E-state index contributed by atoms with van der Waals surface area (Å²) in [6.07, 6.45) is 4.31. The summed E-state index contributed by atoms with van der Waals surface area (Å²) >= 11 is 0. The maximum Gasteiger partial charge on any atom is 0.131 e. The fourth-order valence-electron chi connectivity index (χ4n) is 2.15. The van der Waals surface area contributed by atoms with E-state index in [1.165, 1.54) is 31.0 Å². The molecule has 1 heterocycles. The van der Waals surface area contributed by atoms with Crippen molar-refractivity contribution in [3.8, 4) is 0 Å². The van der Waals surface area contributed by atoms with Crippen LogP contribution in [0.5, 0.6) is 0 Å². The first-order valence-corrected chi connectivity index (χ1v) is 6.54. The van der Waals surface area contributed by atoms with E-state index in [1.54, 1.807) is 0 Å². The lowest BCUT2D eigenvalue weighted by molar-refractivity contribution is 0.537. The van der Waals surface area contributed by atoms with Crippen molar-refractivity contribution < 1.29 is 8.78 Å². The predicted octanol–water partition coefficient (Wildman–Crippen LogP) is 3.07. The molecule has 1 aliphatic rings. The zero-order chi connectivity index (χ0) is 13.2. The van der Waals surface area contributed by atoms with Gasteiger partial charge in [0.25, 0.3) is 0 Å². The monoisotopic (exact) mass is 262 g/mol. The maximum absolute atomic E-state index is 13.6. The Bertz CT molecular complexity index is 553. The Hall–Kier alpha value is -1.68. The number of rotatable bonds is 5. The molecule has 2 nitrogen and oxygen atoms in total. The van der Waals surface area contributed by atoms with E-state index in [4.69, 9.17) is 0 Å². The maximum atomic E-state index is 13.6. The molecule has 2 aromatic rings. The van der Waals surface area contributed by atoms with Crippen molar-refractivity contribution in [2.45, 2.75) is 32.0 Å². The van der Waals surface area contributed by atoms with Gasteiger partial charge >= 0.3 is 0 Å². The summed E-state index contributed by atoms with van der Waals surface area (Å²) in [5.74, 6) is -0.982. The lowest BCUT2D eigenvalue weighted by Crippen LogP contribution is -2.18. The number of hydrogen-bond donors (Lipinski definition) is 1. The molecule has 0 radical (unpaired) electrons. The Labute approximate surface area is 111 Å². The van der Waals surface area contributed by atoms with Crippen LogP contribution in [0.25, 0.3) is 0 Å². The smallest absolute Gasteiger partial charge is 0.131 e. The average Bonchev–Trinajstić information content (AvgIpc) is 3.11. The zero-order valence-electron chi connectivity index (χ0n) is 10.6. The predicted molar refractivity (Wildman–Crippen MR) is 69.8 cm³/mol. The highest BCUT2D eigenvalue weighted by molar-refractivity contribution is 5.21. The minimum atomic E-state index is -0.491. The lowest BCUT2D eigenvalue weighted by atomic mass is 10.2. The number of hydrogen-bond acceptors (Lipinski definition) is 1. The van der Waals surface area contributed by atoms with Crippen LogP contribution in [0.4, 0.5) is 8.78 Å². The van der Waals surface area contributed by atoms with Gasteiger partial charge in [-0.05, 0) is 37.1 Å². The van der Waals surface area contributed by atoms with Crippen LogP contribution in [-0.4, -0.2) is 10.6 Å². The van der Waals surface area contributed by atoms with Crippen LogP contribution in [0, 0.1) is 11.6 Å². The van der Waals surface area contributed by atoms with Crippen molar-refractivity contribution in [2.75, 3.05) is 0 Å². The molecule has 1 aromatic carbocycles. The highest BCUT2D eigenvalue weighted by Gasteiger charge is 2.20. The Morgan fingerprint density at radius 2 is 1.84 bits per heavy atom. The van der Waals surface area contributed by atoms with Crippen molar-refractivity contribution in [3.63, 3.8) is 0 Å². The summed E-state index contributed by atoms with van der Waals surface area (Å²) < 4.78 is 29.1. The third kappa shape index (κ3) is 2.84. The quantitative estimate of drug-likeness (QED) is 0.876. The highest BCUT2D eigenvalue weighted by atomic mass is 19.1. The van der Waals surface area contributed by atoms with Crippen LogP contribution in [0.2, 0.25) is 0 Å². The first-order valence-electron chi connectivity index (χ1n) is 6.54. The van der Waals surface area contributed by atoms with Crippen molar-refractivity contribution in [3.05, 3.63) is 59.4 Å². The molecule has 0 aliphatic heterocycles. The molecule has 0 unspecified atom stereocenters. The van der Waals surface area contributed by atoms with Crippen LogP contribution in [-0.2, 0) is 13.1 Å². The van der Waals surface area contributed by atoms with Gasteiger partial charge < -0.3 is 9.88 Å². The fraction of sp³-hybridized carbons (Fsp3) is 0.333. The van der Waals surface area contributed by atoms with Gasteiger partial charge in [0.2, 0.25) is 0 Å². The molecule has 4 heteroatoms. The van der Waals surface area contributed by atoms with Gasteiger partial charge in [0, 0.05) is 30.0 Å². The normalized spacial score (nSPS) is 14.8. The van der Waals surface area contributed by atoms with Crippen molar-refractivity contribution in [2.24, 2.45) is 0 Å². The largest absolute Gasteiger partial charge is 0.346 e. The van der Waals surface area contributed by atoms with E-state index >= 15 is 0 Å². The molecule has 0 spiro atoms. The molecule has 0 bridgehead atoms.